The van der Waals surface area contributed by atoms with Crippen LogP contribution in [0.3, 0.4) is 0 Å². The van der Waals surface area contributed by atoms with Gasteiger partial charge in [0.15, 0.2) is 6.04 Å². The summed E-state index contributed by atoms with van der Waals surface area (Å²) in [5.74, 6) is -0.570. The monoisotopic (exact) mass is 474 g/mol. The average molecular weight is 475 g/mol. The molecular weight excluding hydrogens is 448 g/mol. The van der Waals surface area contributed by atoms with Crippen LogP contribution in [-0.2, 0) is 9.53 Å². The molecule has 34 heavy (non-hydrogen) atoms. The predicted molar refractivity (Wildman–Crippen MR) is 137 cm³/mol. The van der Waals surface area contributed by atoms with Crippen LogP contribution in [0.1, 0.15) is 24.2 Å². The SMILES string of the molecule is CCOC(=O)c1c(-c2ccccc2)csc1NC=N[C@@H]1C=C(C)N(C)N(c2ccccc2)C1=O. The normalized spacial score (nSPS) is 16.0. The van der Waals surface area contributed by atoms with Crippen LogP contribution < -0.4 is 10.3 Å². The van der Waals surface area contributed by atoms with Gasteiger partial charge in [-0.15, -0.1) is 11.3 Å². The molecule has 174 valence electrons. The lowest BCUT2D eigenvalue weighted by atomic mass is 10.0. The van der Waals surface area contributed by atoms with Gasteiger partial charge in [-0.25, -0.2) is 9.80 Å². The van der Waals surface area contributed by atoms with Crippen molar-refractivity contribution < 1.29 is 14.3 Å². The second-order valence-corrected chi connectivity index (χ2v) is 8.50. The van der Waals surface area contributed by atoms with Crippen molar-refractivity contribution in [1.82, 2.24) is 5.01 Å². The summed E-state index contributed by atoms with van der Waals surface area (Å²) in [5, 5.41) is 9.05. The van der Waals surface area contributed by atoms with Crippen LogP contribution in [-0.4, -0.2) is 42.9 Å². The van der Waals surface area contributed by atoms with Crippen LogP contribution in [0, 0.1) is 0 Å². The summed E-state index contributed by atoms with van der Waals surface area (Å²) in [6.45, 7) is 3.99. The molecule has 1 aromatic heterocycles. The minimum atomic E-state index is -0.691. The predicted octanol–water partition coefficient (Wildman–Crippen LogP) is 5.20. The third kappa shape index (κ3) is 4.72. The lowest BCUT2D eigenvalue weighted by Gasteiger charge is -2.38. The van der Waals surface area contributed by atoms with Crippen LogP contribution in [0.15, 0.2) is 82.8 Å². The van der Waals surface area contributed by atoms with E-state index in [0.717, 1.165) is 22.5 Å². The van der Waals surface area contributed by atoms with E-state index in [0.29, 0.717) is 10.6 Å². The Kier molecular flexibility index (Phi) is 7.08. The first-order valence-electron chi connectivity index (χ1n) is 10.9. The van der Waals surface area contributed by atoms with E-state index < -0.39 is 12.0 Å². The number of allylic oxidation sites excluding steroid dienone is 1. The zero-order valence-electron chi connectivity index (χ0n) is 19.3. The number of thiophene rings is 1. The second kappa shape index (κ2) is 10.4. The number of anilines is 2. The number of para-hydroxylation sites is 1. The molecule has 0 spiro atoms. The molecule has 0 saturated heterocycles. The molecule has 0 fully saturated rings. The standard InChI is InChI=1S/C26H26N4O3S/c1-4-33-26(32)23-21(19-11-7-5-8-12-19)16-34-24(23)28-17-27-22-15-18(2)29(3)30(25(22)31)20-13-9-6-10-14-20/h5-17,22H,4H2,1-3H3,(H,27,28)/t22-/m1/s1. The highest BCUT2D eigenvalue weighted by molar-refractivity contribution is 7.15. The van der Waals surface area contributed by atoms with E-state index in [1.54, 1.807) is 16.9 Å². The third-order valence-corrected chi connectivity index (χ3v) is 6.37. The fourth-order valence-corrected chi connectivity index (χ4v) is 4.61. The van der Waals surface area contributed by atoms with Crippen molar-refractivity contribution in [3.05, 3.63) is 83.4 Å². The number of amides is 1. The smallest absolute Gasteiger partial charge is 0.341 e. The summed E-state index contributed by atoms with van der Waals surface area (Å²) >= 11 is 1.39. The first-order valence-corrected chi connectivity index (χ1v) is 11.8. The van der Waals surface area contributed by atoms with E-state index in [-0.39, 0.29) is 12.5 Å². The maximum Gasteiger partial charge on any atom is 0.341 e. The third-order valence-electron chi connectivity index (χ3n) is 5.46. The fourth-order valence-electron chi connectivity index (χ4n) is 3.69. The number of benzene rings is 2. The lowest BCUT2D eigenvalue weighted by Crippen LogP contribution is -2.51. The molecule has 1 N–H and O–H groups in total. The second-order valence-electron chi connectivity index (χ2n) is 7.62. The van der Waals surface area contributed by atoms with Gasteiger partial charge in [0.05, 0.1) is 18.6 Å². The van der Waals surface area contributed by atoms with Crippen LogP contribution in [0.2, 0.25) is 0 Å². The molecule has 7 nitrogen and oxygen atoms in total. The van der Waals surface area contributed by atoms with Crippen molar-refractivity contribution in [2.45, 2.75) is 19.9 Å². The zero-order valence-corrected chi connectivity index (χ0v) is 20.1. The number of ether oxygens (including phenoxy) is 1. The van der Waals surface area contributed by atoms with Crippen LogP contribution in [0.5, 0.6) is 0 Å². The van der Waals surface area contributed by atoms with Crippen molar-refractivity contribution in [3.63, 3.8) is 0 Å². The molecule has 1 amide bonds. The van der Waals surface area contributed by atoms with Gasteiger partial charge in [-0.3, -0.25) is 14.8 Å². The summed E-state index contributed by atoms with van der Waals surface area (Å²) in [4.78, 5) is 30.4. The minimum Gasteiger partial charge on any atom is -0.462 e. The lowest BCUT2D eigenvalue weighted by molar-refractivity contribution is -0.121. The van der Waals surface area contributed by atoms with Gasteiger partial charge in [0.1, 0.15) is 10.6 Å². The molecule has 1 aliphatic rings. The molecular formula is C26H26N4O3S. The number of hydrogen-bond donors (Lipinski definition) is 1. The van der Waals surface area contributed by atoms with Crippen molar-refractivity contribution in [2.24, 2.45) is 4.99 Å². The quantitative estimate of drug-likeness (QED) is 0.290. The number of rotatable bonds is 7. The van der Waals surface area contributed by atoms with Crippen LogP contribution in [0.25, 0.3) is 11.1 Å². The van der Waals surface area contributed by atoms with Gasteiger partial charge < -0.3 is 10.1 Å². The molecule has 3 aromatic rings. The summed E-state index contributed by atoms with van der Waals surface area (Å²) in [5.41, 5.74) is 3.85. The van der Waals surface area contributed by atoms with E-state index in [1.807, 2.05) is 86.1 Å². The maximum absolute atomic E-state index is 13.2. The number of nitrogens with one attached hydrogen (secondary N) is 1. The van der Waals surface area contributed by atoms with Crippen molar-refractivity contribution >= 4 is 40.2 Å². The largest absolute Gasteiger partial charge is 0.462 e. The molecule has 2 heterocycles. The zero-order chi connectivity index (χ0) is 24.1. The van der Waals surface area contributed by atoms with E-state index in [4.69, 9.17) is 4.74 Å². The molecule has 0 unspecified atom stereocenters. The summed E-state index contributed by atoms with van der Waals surface area (Å²) in [6.07, 6.45) is 3.29. The highest BCUT2D eigenvalue weighted by Gasteiger charge is 2.31. The number of nitrogens with zero attached hydrogens (tertiary/aromatic N) is 3. The number of hydrazine groups is 1. The molecule has 0 bridgehead atoms. The molecule has 1 atom stereocenters. The molecule has 1 aliphatic heterocycles. The maximum atomic E-state index is 13.2. The number of carbonyl (C=O) groups excluding carboxylic acids is 2. The van der Waals surface area contributed by atoms with Gasteiger partial charge in [-0.05, 0) is 37.6 Å². The summed E-state index contributed by atoms with van der Waals surface area (Å²) < 4.78 is 5.30. The van der Waals surface area contributed by atoms with E-state index in [2.05, 4.69) is 10.3 Å². The van der Waals surface area contributed by atoms with Gasteiger partial charge in [-0.1, -0.05) is 48.5 Å². The molecule has 0 radical (unpaired) electrons. The Bertz CT molecular complexity index is 1220. The highest BCUT2D eigenvalue weighted by atomic mass is 32.1. The molecule has 0 saturated carbocycles. The number of carbonyl (C=O) groups is 2. The Morgan fingerprint density at radius 1 is 1.15 bits per heavy atom. The van der Waals surface area contributed by atoms with Crippen molar-refractivity contribution in [1.29, 1.82) is 0 Å². The van der Waals surface area contributed by atoms with Gasteiger partial charge in [0, 0.05) is 23.7 Å². The topological polar surface area (TPSA) is 74.2 Å². The van der Waals surface area contributed by atoms with Gasteiger partial charge in [0.2, 0.25) is 0 Å². The molecule has 2 aromatic carbocycles. The first-order chi connectivity index (χ1) is 16.5. The molecule has 8 heteroatoms. The van der Waals surface area contributed by atoms with E-state index in [1.165, 1.54) is 17.7 Å². The molecule has 0 aliphatic carbocycles. The Balaban J connectivity index is 1.59. The first kappa shape index (κ1) is 23.3. The fraction of sp³-hybridized carbons (Fsp3) is 0.192. The van der Waals surface area contributed by atoms with E-state index in [9.17, 15) is 9.59 Å². The average Bonchev–Trinajstić information content (AvgIpc) is 3.28. The summed E-state index contributed by atoms with van der Waals surface area (Å²) in [7, 11) is 1.84. The highest BCUT2D eigenvalue weighted by Crippen LogP contribution is 2.36. The van der Waals surface area contributed by atoms with Crippen LogP contribution >= 0.6 is 11.3 Å². The van der Waals surface area contributed by atoms with Crippen molar-refractivity contribution in [3.8, 4) is 11.1 Å². The van der Waals surface area contributed by atoms with Gasteiger partial charge >= 0.3 is 5.97 Å². The molecule has 4 rings (SSSR count). The van der Waals surface area contributed by atoms with E-state index >= 15 is 0 Å². The number of esters is 1. The van der Waals surface area contributed by atoms with Gasteiger partial charge in [0.25, 0.3) is 5.91 Å². The number of hydrogen-bond acceptors (Lipinski definition) is 6. The minimum absolute atomic E-state index is 0.167. The van der Waals surface area contributed by atoms with Gasteiger partial charge in [-0.2, -0.15) is 0 Å². The van der Waals surface area contributed by atoms with Crippen LogP contribution in [0.4, 0.5) is 10.7 Å². The van der Waals surface area contributed by atoms with Crippen molar-refractivity contribution in [2.75, 3.05) is 24.0 Å². The Hall–Kier alpha value is -3.91. The Morgan fingerprint density at radius 2 is 1.82 bits per heavy atom. The Labute approximate surface area is 203 Å². The summed E-state index contributed by atoms with van der Waals surface area (Å²) in [6, 6.07) is 18.4. The number of aliphatic imine (C=N–C) groups is 1. The Morgan fingerprint density at radius 3 is 2.50 bits per heavy atom.